The van der Waals surface area contributed by atoms with Crippen molar-refractivity contribution in [2.75, 3.05) is 19.6 Å². The molecule has 2 atom stereocenters. The SMILES string of the molecule is Cn1c(C(=O)N2CCN(C3CC4CC4C3)C(=O)C2)nc2c(C(F)(F)F)cc(C3CC3)cc21. The molecular formula is C23H25F3N4O2. The van der Waals surface area contributed by atoms with Gasteiger partial charge in [-0.3, -0.25) is 9.59 Å². The van der Waals surface area contributed by atoms with Crippen LogP contribution in [-0.4, -0.2) is 56.8 Å². The van der Waals surface area contributed by atoms with Crippen LogP contribution >= 0.6 is 0 Å². The molecule has 2 heterocycles. The molecule has 6 rings (SSSR count). The van der Waals surface area contributed by atoms with Crippen LogP contribution in [-0.2, 0) is 18.0 Å². The van der Waals surface area contributed by atoms with E-state index in [1.165, 1.54) is 22.0 Å². The van der Waals surface area contributed by atoms with Gasteiger partial charge in [0.25, 0.3) is 5.91 Å². The molecule has 0 N–H and O–H groups in total. The van der Waals surface area contributed by atoms with Gasteiger partial charge in [-0.15, -0.1) is 0 Å². The molecule has 2 aromatic rings. The van der Waals surface area contributed by atoms with Gasteiger partial charge < -0.3 is 14.4 Å². The molecule has 0 bridgehead atoms. The van der Waals surface area contributed by atoms with Gasteiger partial charge in [-0.2, -0.15) is 13.2 Å². The molecule has 1 aliphatic heterocycles. The molecule has 170 valence electrons. The third kappa shape index (κ3) is 3.19. The van der Waals surface area contributed by atoms with E-state index in [2.05, 4.69) is 4.98 Å². The van der Waals surface area contributed by atoms with Crippen LogP contribution in [0.1, 0.15) is 59.8 Å². The summed E-state index contributed by atoms with van der Waals surface area (Å²) in [4.78, 5) is 33.4. The largest absolute Gasteiger partial charge is 0.418 e. The number of nitrogens with zero attached hydrogens (tertiary/aromatic N) is 4. The number of piperazine rings is 1. The van der Waals surface area contributed by atoms with E-state index in [9.17, 15) is 22.8 Å². The van der Waals surface area contributed by atoms with Crippen LogP contribution in [0.4, 0.5) is 13.2 Å². The summed E-state index contributed by atoms with van der Waals surface area (Å²) in [7, 11) is 1.57. The van der Waals surface area contributed by atoms with E-state index < -0.39 is 17.6 Å². The van der Waals surface area contributed by atoms with Crippen LogP contribution < -0.4 is 0 Å². The van der Waals surface area contributed by atoms with Crippen LogP contribution in [0.5, 0.6) is 0 Å². The molecule has 9 heteroatoms. The molecule has 3 aliphatic carbocycles. The average Bonchev–Trinajstić information content (AvgIpc) is 3.66. The number of benzene rings is 1. The Morgan fingerprint density at radius 1 is 1.09 bits per heavy atom. The number of hydrogen-bond acceptors (Lipinski definition) is 3. The minimum atomic E-state index is -4.55. The van der Waals surface area contributed by atoms with E-state index >= 15 is 0 Å². The van der Waals surface area contributed by atoms with Crippen molar-refractivity contribution >= 4 is 22.8 Å². The van der Waals surface area contributed by atoms with Crippen LogP contribution in [0.2, 0.25) is 0 Å². The van der Waals surface area contributed by atoms with Gasteiger partial charge in [0.1, 0.15) is 12.1 Å². The summed E-state index contributed by atoms with van der Waals surface area (Å²) < 4.78 is 42.7. The first-order chi connectivity index (χ1) is 15.2. The van der Waals surface area contributed by atoms with Gasteiger partial charge in [-0.25, -0.2) is 4.98 Å². The van der Waals surface area contributed by atoms with Crippen molar-refractivity contribution in [2.45, 2.75) is 50.2 Å². The van der Waals surface area contributed by atoms with E-state index in [1.807, 2.05) is 4.90 Å². The molecule has 0 spiro atoms. The number of carbonyl (C=O) groups excluding carboxylic acids is 2. The summed E-state index contributed by atoms with van der Waals surface area (Å²) in [6.07, 6.45) is 0.583. The Balaban J connectivity index is 1.28. The summed E-state index contributed by atoms with van der Waals surface area (Å²) in [6, 6.07) is 3.17. The van der Waals surface area contributed by atoms with Crippen molar-refractivity contribution in [3.63, 3.8) is 0 Å². The molecule has 1 aromatic heterocycles. The predicted molar refractivity (Wildman–Crippen MR) is 110 cm³/mol. The smallest absolute Gasteiger partial charge is 0.336 e. The Labute approximate surface area is 183 Å². The predicted octanol–water partition coefficient (Wildman–Crippen LogP) is 3.55. The molecule has 2 unspecified atom stereocenters. The van der Waals surface area contributed by atoms with Crippen molar-refractivity contribution in [3.8, 4) is 0 Å². The second kappa shape index (κ2) is 6.71. The third-order valence-electron chi connectivity index (χ3n) is 7.76. The normalized spacial score (nSPS) is 27.9. The number of imidazole rings is 1. The number of aryl methyl sites for hydroxylation is 1. The Morgan fingerprint density at radius 2 is 1.81 bits per heavy atom. The second-order valence-electron chi connectivity index (χ2n) is 9.90. The highest BCUT2D eigenvalue weighted by atomic mass is 19.4. The maximum Gasteiger partial charge on any atom is 0.418 e. The molecule has 1 saturated heterocycles. The van der Waals surface area contributed by atoms with Crippen LogP contribution in [0.25, 0.3) is 11.0 Å². The summed E-state index contributed by atoms with van der Waals surface area (Å²) in [6.45, 7) is 0.796. The van der Waals surface area contributed by atoms with E-state index in [0.29, 0.717) is 24.2 Å². The molecule has 32 heavy (non-hydrogen) atoms. The molecule has 0 radical (unpaired) electrons. The zero-order valence-electron chi connectivity index (χ0n) is 17.9. The number of halogens is 3. The lowest BCUT2D eigenvalue weighted by Crippen LogP contribution is -2.55. The number of carbonyl (C=O) groups is 2. The number of rotatable bonds is 3. The lowest BCUT2D eigenvalue weighted by molar-refractivity contribution is -0.138. The molecular weight excluding hydrogens is 421 g/mol. The van der Waals surface area contributed by atoms with Crippen LogP contribution in [0.3, 0.4) is 0 Å². The van der Waals surface area contributed by atoms with Crippen molar-refractivity contribution in [2.24, 2.45) is 18.9 Å². The molecule has 1 aromatic carbocycles. The fraction of sp³-hybridized carbons (Fsp3) is 0.609. The topological polar surface area (TPSA) is 58.4 Å². The highest BCUT2D eigenvalue weighted by molar-refractivity contribution is 5.98. The number of hydrogen-bond donors (Lipinski definition) is 0. The molecule has 4 aliphatic rings. The maximum atomic E-state index is 13.8. The van der Waals surface area contributed by atoms with Crippen LogP contribution in [0, 0.1) is 11.8 Å². The highest BCUT2D eigenvalue weighted by Crippen LogP contribution is 2.53. The Morgan fingerprint density at radius 3 is 2.44 bits per heavy atom. The Hall–Kier alpha value is -2.58. The summed E-state index contributed by atoms with van der Waals surface area (Å²) >= 11 is 0. The lowest BCUT2D eigenvalue weighted by atomic mass is 10.0. The number of amides is 2. The number of fused-ring (bicyclic) bond motifs is 2. The van der Waals surface area contributed by atoms with Gasteiger partial charge in [-0.05, 0) is 67.6 Å². The van der Waals surface area contributed by atoms with Gasteiger partial charge in [0, 0.05) is 26.2 Å². The fourth-order valence-corrected chi connectivity index (χ4v) is 5.69. The first kappa shape index (κ1) is 20.1. The first-order valence-electron chi connectivity index (χ1n) is 11.4. The Kier molecular flexibility index (Phi) is 4.21. The third-order valence-corrected chi connectivity index (χ3v) is 7.76. The highest BCUT2D eigenvalue weighted by Gasteiger charge is 2.49. The number of alkyl halides is 3. The Bertz CT molecular complexity index is 1130. The van der Waals surface area contributed by atoms with Gasteiger partial charge >= 0.3 is 6.18 Å². The minimum absolute atomic E-state index is 0.0483. The minimum Gasteiger partial charge on any atom is -0.336 e. The summed E-state index contributed by atoms with van der Waals surface area (Å²) in [5.74, 6) is 1.03. The van der Waals surface area contributed by atoms with E-state index in [-0.39, 0.29) is 35.8 Å². The standard InChI is InChI=1S/C23H25F3N4O2/c1-28-18-10-15(12-2-3-12)9-17(23(24,25)26)20(18)27-21(28)22(32)29-4-5-30(19(31)11-29)16-7-13-6-14(13)8-16/h9-10,12-14,16H,2-8,11H2,1H3. The molecule has 3 saturated carbocycles. The van der Waals surface area contributed by atoms with Crippen molar-refractivity contribution in [1.82, 2.24) is 19.4 Å². The zero-order valence-corrected chi connectivity index (χ0v) is 17.9. The maximum absolute atomic E-state index is 13.8. The molecule has 6 nitrogen and oxygen atoms in total. The van der Waals surface area contributed by atoms with Gasteiger partial charge in [-0.1, -0.05) is 0 Å². The quantitative estimate of drug-likeness (QED) is 0.725. The fourth-order valence-electron chi connectivity index (χ4n) is 5.69. The second-order valence-corrected chi connectivity index (χ2v) is 9.90. The van der Waals surface area contributed by atoms with Gasteiger partial charge in [0.15, 0.2) is 5.82 Å². The number of aromatic nitrogens is 2. The van der Waals surface area contributed by atoms with Crippen molar-refractivity contribution in [3.05, 3.63) is 29.1 Å². The summed E-state index contributed by atoms with van der Waals surface area (Å²) in [5, 5.41) is 0. The van der Waals surface area contributed by atoms with Gasteiger partial charge in [0.05, 0.1) is 11.1 Å². The van der Waals surface area contributed by atoms with E-state index in [0.717, 1.165) is 37.5 Å². The molecule has 4 fully saturated rings. The van der Waals surface area contributed by atoms with E-state index in [4.69, 9.17) is 0 Å². The lowest BCUT2D eigenvalue weighted by Gasteiger charge is -2.38. The monoisotopic (exact) mass is 446 g/mol. The average molecular weight is 446 g/mol. The van der Waals surface area contributed by atoms with Crippen molar-refractivity contribution in [1.29, 1.82) is 0 Å². The first-order valence-corrected chi connectivity index (χ1v) is 11.4. The zero-order chi connectivity index (χ0) is 22.4. The summed E-state index contributed by atoms with van der Waals surface area (Å²) in [5.41, 5.74) is -0.0550. The van der Waals surface area contributed by atoms with E-state index in [1.54, 1.807) is 13.1 Å². The van der Waals surface area contributed by atoms with Gasteiger partial charge in [0.2, 0.25) is 5.91 Å². The van der Waals surface area contributed by atoms with Crippen molar-refractivity contribution < 1.29 is 22.8 Å². The van der Waals surface area contributed by atoms with Crippen LogP contribution in [0.15, 0.2) is 12.1 Å². The molecule has 2 amide bonds.